The van der Waals surface area contributed by atoms with E-state index in [9.17, 15) is 18.4 Å². The normalized spacial score (nSPS) is 12.0. The molecule has 0 aromatic heterocycles. The molecule has 0 bridgehead atoms. The molecule has 0 radical (unpaired) electrons. The van der Waals surface area contributed by atoms with Crippen molar-refractivity contribution in [2.45, 2.75) is 19.8 Å². The first-order valence-corrected chi connectivity index (χ1v) is 6.10. The average molecular weight is 286 g/mol. The van der Waals surface area contributed by atoms with E-state index >= 15 is 0 Å². The van der Waals surface area contributed by atoms with Gasteiger partial charge in [-0.1, -0.05) is 6.92 Å². The Kier molecular flexibility index (Phi) is 5.57. The SMILES string of the molecule is CC(CCCN)C(=O)Nc1cc(C(=O)O)c(F)cc1F. The lowest BCUT2D eigenvalue weighted by molar-refractivity contribution is -0.119. The summed E-state index contributed by atoms with van der Waals surface area (Å²) in [5.74, 6) is -4.62. The van der Waals surface area contributed by atoms with Crippen molar-refractivity contribution >= 4 is 17.6 Å². The van der Waals surface area contributed by atoms with Crippen LogP contribution < -0.4 is 11.1 Å². The zero-order chi connectivity index (χ0) is 15.3. The number of benzene rings is 1. The average Bonchev–Trinajstić information content (AvgIpc) is 2.38. The van der Waals surface area contributed by atoms with Crippen molar-refractivity contribution in [3.8, 4) is 0 Å². The molecule has 1 rings (SSSR count). The lowest BCUT2D eigenvalue weighted by atomic mass is 10.0. The maximum absolute atomic E-state index is 13.5. The number of hydrogen-bond acceptors (Lipinski definition) is 3. The van der Waals surface area contributed by atoms with Crippen LogP contribution in [-0.4, -0.2) is 23.5 Å². The molecule has 0 aliphatic rings. The molecule has 20 heavy (non-hydrogen) atoms. The first-order valence-electron chi connectivity index (χ1n) is 6.10. The Bertz CT molecular complexity index is 521. The Morgan fingerprint density at radius 3 is 2.55 bits per heavy atom. The number of anilines is 1. The van der Waals surface area contributed by atoms with Gasteiger partial charge in [-0.15, -0.1) is 0 Å². The maximum Gasteiger partial charge on any atom is 0.338 e. The number of rotatable bonds is 6. The quantitative estimate of drug-likeness (QED) is 0.745. The number of carboxylic acids is 1. The molecule has 1 aromatic rings. The highest BCUT2D eigenvalue weighted by atomic mass is 19.1. The van der Waals surface area contributed by atoms with E-state index in [2.05, 4.69) is 5.32 Å². The predicted molar refractivity (Wildman–Crippen MR) is 69.4 cm³/mol. The summed E-state index contributed by atoms with van der Waals surface area (Å²) in [6, 6.07) is 1.20. The van der Waals surface area contributed by atoms with Crippen molar-refractivity contribution < 1.29 is 23.5 Å². The van der Waals surface area contributed by atoms with E-state index in [1.807, 2.05) is 0 Å². The van der Waals surface area contributed by atoms with Crippen LogP contribution in [0, 0.1) is 17.6 Å². The zero-order valence-electron chi connectivity index (χ0n) is 11.0. The van der Waals surface area contributed by atoms with Gasteiger partial charge in [0.1, 0.15) is 11.6 Å². The van der Waals surface area contributed by atoms with Gasteiger partial charge in [0.05, 0.1) is 11.3 Å². The Labute approximate surface area is 114 Å². The zero-order valence-corrected chi connectivity index (χ0v) is 11.0. The minimum atomic E-state index is -1.53. The third-order valence-corrected chi connectivity index (χ3v) is 2.83. The molecule has 0 aliphatic heterocycles. The lowest BCUT2D eigenvalue weighted by Crippen LogP contribution is -2.22. The number of amides is 1. The van der Waals surface area contributed by atoms with Crippen LogP contribution >= 0.6 is 0 Å². The fourth-order valence-corrected chi connectivity index (χ4v) is 1.62. The third-order valence-electron chi connectivity index (χ3n) is 2.83. The highest BCUT2D eigenvalue weighted by molar-refractivity contribution is 5.95. The molecule has 0 saturated carbocycles. The molecule has 0 aliphatic carbocycles. The molecule has 4 N–H and O–H groups in total. The van der Waals surface area contributed by atoms with E-state index in [0.717, 1.165) is 6.07 Å². The molecule has 0 saturated heterocycles. The minimum Gasteiger partial charge on any atom is -0.478 e. The molecule has 1 amide bonds. The van der Waals surface area contributed by atoms with Crippen LogP contribution in [0.3, 0.4) is 0 Å². The Morgan fingerprint density at radius 1 is 1.35 bits per heavy atom. The Balaban J connectivity index is 2.89. The van der Waals surface area contributed by atoms with Crippen molar-refractivity contribution in [1.82, 2.24) is 0 Å². The van der Waals surface area contributed by atoms with Crippen molar-refractivity contribution in [3.05, 3.63) is 29.3 Å². The predicted octanol–water partition coefficient (Wildman–Crippen LogP) is 1.98. The van der Waals surface area contributed by atoms with Gasteiger partial charge in [0.2, 0.25) is 5.91 Å². The van der Waals surface area contributed by atoms with Crippen molar-refractivity contribution in [3.63, 3.8) is 0 Å². The number of carbonyl (C=O) groups excluding carboxylic acids is 1. The van der Waals surface area contributed by atoms with Crippen molar-refractivity contribution in [1.29, 1.82) is 0 Å². The second-order valence-corrected chi connectivity index (χ2v) is 4.44. The molecule has 110 valence electrons. The molecule has 0 fully saturated rings. The van der Waals surface area contributed by atoms with E-state index in [0.29, 0.717) is 25.5 Å². The van der Waals surface area contributed by atoms with E-state index in [4.69, 9.17) is 10.8 Å². The number of nitrogens with two attached hydrogens (primary N) is 1. The van der Waals surface area contributed by atoms with Gasteiger partial charge in [-0.25, -0.2) is 13.6 Å². The Hall–Kier alpha value is -2.02. The van der Waals surface area contributed by atoms with Gasteiger partial charge >= 0.3 is 5.97 Å². The first-order chi connectivity index (χ1) is 9.36. The largest absolute Gasteiger partial charge is 0.478 e. The summed E-state index contributed by atoms with van der Waals surface area (Å²) in [5, 5.41) is 11.0. The van der Waals surface area contributed by atoms with Crippen LogP contribution in [0.5, 0.6) is 0 Å². The molecular formula is C13H16F2N2O3. The third kappa shape index (κ3) is 3.99. The van der Waals surface area contributed by atoms with Gasteiger partial charge in [0.15, 0.2) is 0 Å². The number of hydrogen-bond donors (Lipinski definition) is 3. The van der Waals surface area contributed by atoms with Gasteiger partial charge in [0.25, 0.3) is 0 Å². The summed E-state index contributed by atoms with van der Waals surface area (Å²) < 4.78 is 26.7. The first kappa shape index (κ1) is 16.0. The Morgan fingerprint density at radius 2 is 2.00 bits per heavy atom. The molecule has 1 unspecified atom stereocenters. The summed E-state index contributed by atoms with van der Waals surface area (Å²) in [6.07, 6.45) is 1.16. The van der Waals surface area contributed by atoms with Gasteiger partial charge in [0, 0.05) is 12.0 Å². The van der Waals surface area contributed by atoms with Gasteiger partial charge < -0.3 is 16.2 Å². The summed E-state index contributed by atoms with van der Waals surface area (Å²) in [5.41, 5.74) is 4.27. The fraction of sp³-hybridized carbons (Fsp3) is 0.385. The van der Waals surface area contributed by atoms with E-state index in [-0.39, 0.29) is 5.69 Å². The van der Waals surface area contributed by atoms with E-state index in [1.54, 1.807) is 6.92 Å². The number of halogens is 2. The number of nitrogens with one attached hydrogen (secondary N) is 1. The van der Waals surface area contributed by atoms with Crippen LogP contribution in [0.15, 0.2) is 12.1 Å². The smallest absolute Gasteiger partial charge is 0.338 e. The van der Waals surface area contributed by atoms with E-state index < -0.39 is 35.0 Å². The standard InChI is InChI=1S/C13H16F2N2O3/c1-7(3-2-4-16)12(18)17-11-5-8(13(19)20)9(14)6-10(11)15/h5-7H,2-4,16H2,1H3,(H,17,18)(H,19,20). The number of carbonyl (C=O) groups is 2. The van der Waals surface area contributed by atoms with Crippen molar-refractivity contribution in [2.75, 3.05) is 11.9 Å². The monoisotopic (exact) mass is 286 g/mol. The van der Waals surface area contributed by atoms with Crippen LogP contribution in [-0.2, 0) is 4.79 Å². The molecular weight excluding hydrogens is 270 g/mol. The van der Waals surface area contributed by atoms with Crippen molar-refractivity contribution in [2.24, 2.45) is 11.7 Å². The molecule has 5 nitrogen and oxygen atoms in total. The minimum absolute atomic E-state index is 0.353. The lowest BCUT2D eigenvalue weighted by Gasteiger charge is -2.13. The molecule has 0 heterocycles. The highest BCUT2D eigenvalue weighted by Crippen LogP contribution is 2.21. The fourth-order valence-electron chi connectivity index (χ4n) is 1.62. The maximum atomic E-state index is 13.5. The summed E-state index contributed by atoms with van der Waals surface area (Å²) in [6.45, 7) is 2.08. The highest BCUT2D eigenvalue weighted by Gasteiger charge is 2.18. The summed E-state index contributed by atoms with van der Waals surface area (Å²) >= 11 is 0. The van der Waals surface area contributed by atoms with Crippen LogP contribution in [0.1, 0.15) is 30.1 Å². The van der Waals surface area contributed by atoms with E-state index in [1.165, 1.54) is 0 Å². The summed E-state index contributed by atoms with van der Waals surface area (Å²) in [7, 11) is 0. The number of aromatic carboxylic acids is 1. The van der Waals surface area contributed by atoms with Crippen LogP contribution in [0.2, 0.25) is 0 Å². The van der Waals surface area contributed by atoms with Gasteiger partial charge in [-0.3, -0.25) is 4.79 Å². The van der Waals surface area contributed by atoms with Crippen LogP contribution in [0.25, 0.3) is 0 Å². The second kappa shape index (κ2) is 6.95. The topological polar surface area (TPSA) is 92.4 Å². The molecule has 7 heteroatoms. The van der Waals surface area contributed by atoms with Gasteiger partial charge in [-0.2, -0.15) is 0 Å². The molecule has 0 spiro atoms. The second-order valence-electron chi connectivity index (χ2n) is 4.44. The summed E-state index contributed by atoms with van der Waals surface area (Å²) in [4.78, 5) is 22.5. The molecule has 1 aromatic carbocycles. The number of carboxylic acid groups (broad SMARTS) is 1. The molecule has 1 atom stereocenters. The van der Waals surface area contributed by atoms with Crippen LogP contribution in [0.4, 0.5) is 14.5 Å². The van der Waals surface area contributed by atoms with Gasteiger partial charge in [-0.05, 0) is 25.5 Å².